The number of aryl methyl sites for hydroxylation is 1. The first-order valence-electron chi connectivity index (χ1n) is 9.50. The second-order valence-corrected chi connectivity index (χ2v) is 8.07. The molecule has 0 atom stereocenters. The number of para-hydroxylation sites is 1. The molecule has 1 aliphatic rings. The van der Waals surface area contributed by atoms with Crippen molar-refractivity contribution in [1.29, 1.82) is 0 Å². The summed E-state index contributed by atoms with van der Waals surface area (Å²) in [5.41, 5.74) is 3.80. The molecule has 134 valence electrons. The quantitative estimate of drug-likeness (QED) is 0.528. The van der Waals surface area contributed by atoms with E-state index in [-0.39, 0.29) is 0 Å². The second kappa shape index (κ2) is 8.09. The molecule has 0 spiro atoms. The lowest BCUT2D eigenvalue weighted by Gasteiger charge is -2.22. The fourth-order valence-electron chi connectivity index (χ4n) is 3.77. The molecule has 1 fully saturated rings. The third-order valence-corrected chi connectivity index (χ3v) is 6.09. The predicted molar refractivity (Wildman–Crippen MR) is 108 cm³/mol. The van der Waals surface area contributed by atoms with Gasteiger partial charge in [-0.1, -0.05) is 79.1 Å². The molecule has 0 saturated heterocycles. The van der Waals surface area contributed by atoms with Crippen LogP contribution in [0.15, 0.2) is 59.8 Å². The van der Waals surface area contributed by atoms with Crippen LogP contribution in [0.25, 0.3) is 5.69 Å². The Balaban J connectivity index is 1.64. The van der Waals surface area contributed by atoms with Crippen LogP contribution in [0.4, 0.5) is 0 Å². The molecule has 1 heterocycles. The number of hydrogen-bond donors (Lipinski definition) is 0. The highest BCUT2D eigenvalue weighted by Crippen LogP contribution is 2.35. The Morgan fingerprint density at radius 3 is 2.54 bits per heavy atom. The van der Waals surface area contributed by atoms with Crippen LogP contribution in [-0.4, -0.2) is 14.8 Å². The number of aromatic nitrogens is 3. The molecule has 4 rings (SSSR count). The fraction of sp³-hybridized carbons (Fsp3) is 0.364. The summed E-state index contributed by atoms with van der Waals surface area (Å²) in [6, 6.07) is 19.3. The molecular weight excluding hydrogens is 338 g/mol. The van der Waals surface area contributed by atoms with E-state index < -0.39 is 0 Å². The molecule has 1 saturated carbocycles. The monoisotopic (exact) mass is 363 g/mol. The van der Waals surface area contributed by atoms with Crippen LogP contribution in [0, 0.1) is 6.92 Å². The molecule has 0 bridgehead atoms. The molecular formula is C22H25N3S. The van der Waals surface area contributed by atoms with E-state index in [1.165, 1.54) is 48.9 Å². The molecule has 0 N–H and O–H groups in total. The van der Waals surface area contributed by atoms with Gasteiger partial charge in [0.15, 0.2) is 5.16 Å². The van der Waals surface area contributed by atoms with Crippen LogP contribution in [0.2, 0.25) is 0 Å². The zero-order valence-corrected chi connectivity index (χ0v) is 16.1. The average molecular weight is 364 g/mol. The highest BCUT2D eigenvalue weighted by atomic mass is 32.2. The van der Waals surface area contributed by atoms with Crippen molar-refractivity contribution in [2.45, 2.75) is 55.9 Å². The zero-order chi connectivity index (χ0) is 17.8. The summed E-state index contributed by atoms with van der Waals surface area (Å²) in [5.74, 6) is 2.59. The normalized spacial score (nSPS) is 15.3. The molecule has 1 aromatic heterocycles. The Morgan fingerprint density at radius 2 is 1.77 bits per heavy atom. The maximum absolute atomic E-state index is 4.64. The van der Waals surface area contributed by atoms with E-state index in [2.05, 4.69) is 76.3 Å². The molecule has 2 aromatic carbocycles. The van der Waals surface area contributed by atoms with E-state index in [0.29, 0.717) is 5.92 Å². The number of rotatable bonds is 5. The molecule has 0 radical (unpaired) electrons. The van der Waals surface area contributed by atoms with Gasteiger partial charge in [-0.15, -0.1) is 10.2 Å². The Bertz CT molecular complexity index is 851. The van der Waals surface area contributed by atoms with Crippen LogP contribution in [-0.2, 0) is 5.75 Å². The number of thioether (sulfide) groups is 1. The number of hydrogen-bond acceptors (Lipinski definition) is 3. The van der Waals surface area contributed by atoms with E-state index in [1.807, 2.05) is 0 Å². The van der Waals surface area contributed by atoms with Gasteiger partial charge in [0, 0.05) is 17.4 Å². The molecule has 0 aliphatic heterocycles. The summed E-state index contributed by atoms with van der Waals surface area (Å²) in [4.78, 5) is 0. The lowest BCUT2D eigenvalue weighted by molar-refractivity contribution is 0.423. The van der Waals surface area contributed by atoms with Crippen molar-refractivity contribution >= 4 is 11.8 Å². The van der Waals surface area contributed by atoms with Gasteiger partial charge >= 0.3 is 0 Å². The van der Waals surface area contributed by atoms with Crippen LogP contribution in [0.1, 0.15) is 55.0 Å². The highest BCUT2D eigenvalue weighted by Gasteiger charge is 2.24. The van der Waals surface area contributed by atoms with E-state index in [0.717, 1.165) is 16.7 Å². The lowest BCUT2D eigenvalue weighted by atomic mass is 9.88. The minimum Gasteiger partial charge on any atom is -0.274 e. The third-order valence-electron chi connectivity index (χ3n) is 5.09. The van der Waals surface area contributed by atoms with Gasteiger partial charge in [-0.05, 0) is 37.5 Å². The fourth-order valence-corrected chi connectivity index (χ4v) is 4.67. The first-order chi connectivity index (χ1) is 12.8. The topological polar surface area (TPSA) is 30.7 Å². The van der Waals surface area contributed by atoms with Crippen molar-refractivity contribution in [3.05, 3.63) is 71.5 Å². The molecule has 3 aromatic rings. The summed E-state index contributed by atoms with van der Waals surface area (Å²) in [7, 11) is 0. The van der Waals surface area contributed by atoms with Crippen molar-refractivity contribution in [3.63, 3.8) is 0 Å². The van der Waals surface area contributed by atoms with Crippen molar-refractivity contribution < 1.29 is 0 Å². The minimum absolute atomic E-state index is 0.532. The van der Waals surface area contributed by atoms with Gasteiger partial charge in [0.1, 0.15) is 5.82 Å². The van der Waals surface area contributed by atoms with Crippen LogP contribution in [0.5, 0.6) is 0 Å². The summed E-state index contributed by atoms with van der Waals surface area (Å²) in [5, 5.41) is 10.2. The SMILES string of the molecule is Cc1cccc(CSc2nnc(C3CCCCC3)n2-c2ccccc2)c1. The maximum Gasteiger partial charge on any atom is 0.196 e. The highest BCUT2D eigenvalue weighted by molar-refractivity contribution is 7.98. The Labute approximate surface area is 159 Å². The van der Waals surface area contributed by atoms with Gasteiger partial charge in [-0.25, -0.2) is 0 Å². The van der Waals surface area contributed by atoms with Gasteiger partial charge in [0.05, 0.1) is 0 Å². The summed E-state index contributed by atoms with van der Waals surface area (Å²) < 4.78 is 2.29. The second-order valence-electron chi connectivity index (χ2n) is 7.12. The van der Waals surface area contributed by atoms with E-state index in [4.69, 9.17) is 0 Å². The molecule has 1 aliphatic carbocycles. The van der Waals surface area contributed by atoms with Crippen molar-refractivity contribution in [2.75, 3.05) is 0 Å². The first-order valence-corrected chi connectivity index (χ1v) is 10.5. The maximum atomic E-state index is 4.64. The summed E-state index contributed by atoms with van der Waals surface area (Å²) >= 11 is 1.78. The molecule has 4 heteroatoms. The zero-order valence-electron chi connectivity index (χ0n) is 15.3. The Hall–Kier alpha value is -2.07. The van der Waals surface area contributed by atoms with E-state index >= 15 is 0 Å². The van der Waals surface area contributed by atoms with Gasteiger partial charge in [-0.2, -0.15) is 0 Å². The first kappa shape index (κ1) is 17.3. The van der Waals surface area contributed by atoms with Crippen molar-refractivity contribution in [2.24, 2.45) is 0 Å². The lowest BCUT2D eigenvalue weighted by Crippen LogP contribution is -2.11. The standard InChI is InChI=1S/C22H25N3S/c1-17-9-8-10-18(15-17)16-26-22-24-23-21(19-11-4-2-5-12-19)25(22)20-13-6-3-7-14-20/h3,6-10,13-15,19H,2,4-5,11-12,16H2,1H3. The van der Waals surface area contributed by atoms with E-state index in [9.17, 15) is 0 Å². The molecule has 3 nitrogen and oxygen atoms in total. The largest absolute Gasteiger partial charge is 0.274 e. The third kappa shape index (κ3) is 3.85. The van der Waals surface area contributed by atoms with Gasteiger partial charge in [0.2, 0.25) is 0 Å². The van der Waals surface area contributed by atoms with Gasteiger partial charge in [0.25, 0.3) is 0 Å². The number of benzene rings is 2. The van der Waals surface area contributed by atoms with Crippen LogP contribution in [0.3, 0.4) is 0 Å². The Kier molecular flexibility index (Phi) is 5.40. The number of nitrogens with zero attached hydrogens (tertiary/aromatic N) is 3. The predicted octanol–water partition coefficient (Wildman–Crippen LogP) is 5.92. The van der Waals surface area contributed by atoms with Crippen molar-refractivity contribution in [1.82, 2.24) is 14.8 Å². The van der Waals surface area contributed by atoms with Crippen molar-refractivity contribution in [3.8, 4) is 5.69 Å². The van der Waals surface area contributed by atoms with Crippen LogP contribution >= 0.6 is 11.8 Å². The van der Waals surface area contributed by atoms with Crippen LogP contribution < -0.4 is 0 Å². The van der Waals surface area contributed by atoms with Gasteiger partial charge in [-0.3, -0.25) is 4.57 Å². The minimum atomic E-state index is 0.532. The molecule has 0 amide bonds. The Morgan fingerprint density at radius 1 is 0.962 bits per heavy atom. The average Bonchev–Trinajstić information content (AvgIpc) is 3.12. The summed E-state index contributed by atoms with van der Waals surface area (Å²) in [6.07, 6.45) is 6.42. The summed E-state index contributed by atoms with van der Waals surface area (Å²) in [6.45, 7) is 2.14. The smallest absolute Gasteiger partial charge is 0.196 e. The van der Waals surface area contributed by atoms with E-state index in [1.54, 1.807) is 11.8 Å². The van der Waals surface area contributed by atoms with Gasteiger partial charge < -0.3 is 0 Å². The molecule has 26 heavy (non-hydrogen) atoms. The molecule has 0 unspecified atom stereocenters.